The van der Waals surface area contributed by atoms with E-state index in [0.29, 0.717) is 29.3 Å². The second-order valence-corrected chi connectivity index (χ2v) is 9.04. The van der Waals surface area contributed by atoms with Crippen LogP contribution in [0.5, 0.6) is 0 Å². The first kappa shape index (κ1) is 16.2. The van der Waals surface area contributed by atoms with E-state index in [1.54, 1.807) is 18.4 Å². The van der Waals surface area contributed by atoms with Gasteiger partial charge in [0.2, 0.25) is 5.82 Å². The molecule has 0 radical (unpaired) electrons. The topological polar surface area (TPSA) is 73.8 Å². The molecule has 26 heavy (non-hydrogen) atoms. The fourth-order valence-corrected chi connectivity index (χ4v) is 6.38. The van der Waals surface area contributed by atoms with Gasteiger partial charge < -0.3 is 4.42 Å². The Kier molecular flexibility index (Phi) is 3.76. The molecule has 6 rings (SSSR count). The maximum atomic E-state index is 12.7. The van der Waals surface area contributed by atoms with Crippen molar-refractivity contribution >= 4 is 5.78 Å². The maximum absolute atomic E-state index is 12.7. The van der Waals surface area contributed by atoms with Gasteiger partial charge >= 0.3 is 0 Å². The second-order valence-electron chi connectivity index (χ2n) is 9.04. The minimum Gasteiger partial charge on any atom is -0.461 e. The van der Waals surface area contributed by atoms with E-state index in [1.165, 1.54) is 43.3 Å². The zero-order valence-corrected chi connectivity index (χ0v) is 15.3. The van der Waals surface area contributed by atoms with Gasteiger partial charge in [-0.3, -0.25) is 4.79 Å². The Balaban J connectivity index is 1.23. The summed E-state index contributed by atoms with van der Waals surface area (Å²) >= 11 is 0. The molecule has 0 aromatic carbocycles. The van der Waals surface area contributed by atoms with Crippen LogP contribution in [-0.4, -0.2) is 26.0 Å². The highest BCUT2D eigenvalue weighted by molar-refractivity contribution is 5.78. The molecular weight excluding hydrogens is 328 g/mol. The van der Waals surface area contributed by atoms with Crippen molar-refractivity contribution in [2.75, 3.05) is 0 Å². The quantitative estimate of drug-likeness (QED) is 0.790. The molecule has 1 unspecified atom stereocenters. The Morgan fingerprint density at radius 3 is 2.58 bits per heavy atom. The first-order chi connectivity index (χ1) is 12.6. The maximum Gasteiger partial charge on any atom is 0.240 e. The predicted molar refractivity (Wildman–Crippen MR) is 94.9 cm³/mol. The van der Waals surface area contributed by atoms with E-state index in [-0.39, 0.29) is 12.3 Å². The SMILES string of the molecule is CC(CC(=O)Cn1nnc(-c2ccco2)n1)C12CC3CC(CC(C3)C1)C2. The summed E-state index contributed by atoms with van der Waals surface area (Å²) in [6, 6.07) is 3.58. The first-order valence-corrected chi connectivity index (χ1v) is 9.93. The summed E-state index contributed by atoms with van der Waals surface area (Å²) < 4.78 is 5.28. The van der Waals surface area contributed by atoms with E-state index in [0.717, 1.165) is 17.8 Å². The smallest absolute Gasteiger partial charge is 0.240 e. The number of hydrogen-bond acceptors (Lipinski definition) is 5. The van der Waals surface area contributed by atoms with Crippen molar-refractivity contribution in [3.8, 4) is 11.6 Å². The molecule has 4 aliphatic carbocycles. The van der Waals surface area contributed by atoms with E-state index in [2.05, 4.69) is 22.3 Å². The fraction of sp³-hybridized carbons (Fsp3) is 0.700. The van der Waals surface area contributed by atoms with Gasteiger partial charge in [-0.1, -0.05) is 6.92 Å². The molecule has 4 saturated carbocycles. The lowest BCUT2D eigenvalue weighted by molar-refractivity contribution is -0.126. The van der Waals surface area contributed by atoms with Gasteiger partial charge in [0.15, 0.2) is 11.5 Å². The molecule has 6 heteroatoms. The zero-order valence-electron chi connectivity index (χ0n) is 15.3. The minimum atomic E-state index is 0.199. The van der Waals surface area contributed by atoms with Crippen molar-refractivity contribution in [1.82, 2.24) is 20.2 Å². The number of rotatable bonds is 6. The third-order valence-corrected chi connectivity index (χ3v) is 7.18. The second kappa shape index (κ2) is 6.03. The van der Waals surface area contributed by atoms with Crippen molar-refractivity contribution in [1.29, 1.82) is 0 Å². The van der Waals surface area contributed by atoms with Crippen LogP contribution in [0.15, 0.2) is 22.8 Å². The van der Waals surface area contributed by atoms with E-state index >= 15 is 0 Å². The molecule has 2 aromatic rings. The molecule has 0 N–H and O–H groups in total. The third kappa shape index (κ3) is 2.79. The van der Waals surface area contributed by atoms with Crippen molar-refractivity contribution in [2.45, 2.75) is 58.4 Å². The van der Waals surface area contributed by atoms with Crippen LogP contribution in [0.3, 0.4) is 0 Å². The van der Waals surface area contributed by atoms with Gasteiger partial charge in [-0.25, -0.2) is 0 Å². The van der Waals surface area contributed by atoms with Crippen molar-refractivity contribution in [2.24, 2.45) is 29.1 Å². The summed E-state index contributed by atoms with van der Waals surface area (Å²) in [6.07, 6.45) is 10.6. The van der Waals surface area contributed by atoms with Crippen LogP contribution >= 0.6 is 0 Å². The number of nitrogens with zero attached hydrogens (tertiary/aromatic N) is 4. The number of aromatic nitrogens is 4. The Labute approximate surface area is 153 Å². The van der Waals surface area contributed by atoms with Crippen molar-refractivity contribution < 1.29 is 9.21 Å². The molecule has 4 bridgehead atoms. The van der Waals surface area contributed by atoms with Gasteiger partial charge in [-0.15, -0.1) is 10.2 Å². The van der Waals surface area contributed by atoms with Crippen LogP contribution in [0.4, 0.5) is 0 Å². The van der Waals surface area contributed by atoms with Gasteiger partial charge in [-0.2, -0.15) is 4.80 Å². The normalized spacial score (nSPS) is 33.5. The van der Waals surface area contributed by atoms with E-state index in [4.69, 9.17) is 4.42 Å². The standard InChI is InChI=1S/C20H26N4O2/c1-13(20-9-14-6-15(10-20)8-16(7-14)11-20)5-17(25)12-24-22-19(21-23-24)18-3-2-4-26-18/h2-4,13-16H,5-12H2,1H3. The third-order valence-electron chi connectivity index (χ3n) is 7.18. The van der Waals surface area contributed by atoms with Crippen LogP contribution < -0.4 is 0 Å². The number of furan rings is 1. The molecule has 1 atom stereocenters. The van der Waals surface area contributed by atoms with Gasteiger partial charge in [0.25, 0.3) is 0 Å². The van der Waals surface area contributed by atoms with Crippen LogP contribution in [0.2, 0.25) is 0 Å². The minimum absolute atomic E-state index is 0.199. The van der Waals surface area contributed by atoms with E-state index in [1.807, 2.05) is 0 Å². The Bertz CT molecular complexity index is 759. The molecule has 0 spiro atoms. The fourth-order valence-electron chi connectivity index (χ4n) is 6.38. The highest BCUT2D eigenvalue weighted by atomic mass is 16.3. The molecular formula is C20H26N4O2. The molecule has 138 valence electrons. The van der Waals surface area contributed by atoms with Crippen LogP contribution in [0, 0.1) is 29.1 Å². The van der Waals surface area contributed by atoms with Gasteiger partial charge in [-0.05, 0) is 85.0 Å². The van der Waals surface area contributed by atoms with Crippen LogP contribution in [0.1, 0.15) is 51.9 Å². The summed E-state index contributed by atoms with van der Waals surface area (Å²) in [5.74, 6) is 4.43. The number of ketones is 1. The molecule has 0 amide bonds. The Morgan fingerprint density at radius 2 is 1.96 bits per heavy atom. The number of hydrogen-bond donors (Lipinski definition) is 0. The Hall–Kier alpha value is -1.98. The van der Waals surface area contributed by atoms with Gasteiger partial charge in [0.1, 0.15) is 6.54 Å². The van der Waals surface area contributed by atoms with Crippen LogP contribution in [-0.2, 0) is 11.3 Å². The van der Waals surface area contributed by atoms with Crippen LogP contribution in [0.25, 0.3) is 11.6 Å². The van der Waals surface area contributed by atoms with Gasteiger partial charge in [0, 0.05) is 6.42 Å². The lowest BCUT2D eigenvalue weighted by atomic mass is 9.46. The summed E-state index contributed by atoms with van der Waals surface area (Å²) in [7, 11) is 0. The number of carbonyl (C=O) groups excluding carboxylic acids is 1. The monoisotopic (exact) mass is 354 g/mol. The number of carbonyl (C=O) groups is 1. The lowest BCUT2D eigenvalue weighted by Gasteiger charge is -2.59. The van der Waals surface area contributed by atoms with Crippen molar-refractivity contribution in [3.63, 3.8) is 0 Å². The molecule has 6 nitrogen and oxygen atoms in total. The highest BCUT2D eigenvalue weighted by Crippen LogP contribution is 2.63. The largest absolute Gasteiger partial charge is 0.461 e. The first-order valence-electron chi connectivity index (χ1n) is 9.93. The summed E-state index contributed by atoms with van der Waals surface area (Å²) in [5, 5.41) is 12.3. The summed E-state index contributed by atoms with van der Waals surface area (Å²) in [6.45, 7) is 2.50. The molecule has 4 aliphatic rings. The van der Waals surface area contributed by atoms with E-state index < -0.39 is 0 Å². The average molecular weight is 354 g/mol. The zero-order chi connectivity index (χ0) is 17.7. The molecule has 4 fully saturated rings. The molecule has 0 aliphatic heterocycles. The highest BCUT2D eigenvalue weighted by Gasteiger charge is 2.53. The number of Topliss-reactive ketones (excluding diaryl/α,β-unsaturated/α-hetero) is 1. The van der Waals surface area contributed by atoms with Gasteiger partial charge in [0.05, 0.1) is 6.26 Å². The number of tetrazole rings is 1. The molecule has 2 heterocycles. The predicted octanol–water partition coefficient (Wildman–Crippen LogP) is 3.74. The molecule has 0 saturated heterocycles. The average Bonchev–Trinajstić information content (AvgIpc) is 3.24. The molecule has 2 aromatic heterocycles. The van der Waals surface area contributed by atoms with E-state index in [9.17, 15) is 4.79 Å². The summed E-state index contributed by atoms with van der Waals surface area (Å²) in [4.78, 5) is 14.1. The van der Waals surface area contributed by atoms with Crippen molar-refractivity contribution in [3.05, 3.63) is 18.4 Å². The summed E-state index contributed by atoms with van der Waals surface area (Å²) in [5.41, 5.74) is 0.416. The lowest BCUT2D eigenvalue weighted by Crippen LogP contribution is -2.49. The Morgan fingerprint density at radius 1 is 1.27 bits per heavy atom.